The smallest absolute Gasteiger partial charge is 0.252 e. The van der Waals surface area contributed by atoms with Gasteiger partial charge in [0.05, 0.1) is 5.54 Å². The fourth-order valence-electron chi connectivity index (χ4n) is 9.78. The zero-order valence-corrected chi connectivity index (χ0v) is 24.3. The summed E-state index contributed by atoms with van der Waals surface area (Å²) in [6.45, 7) is 5.34. The van der Waals surface area contributed by atoms with Crippen LogP contribution in [0.1, 0.15) is 56.2 Å². The lowest BCUT2D eigenvalue weighted by Crippen LogP contribution is -2.64. The van der Waals surface area contributed by atoms with Gasteiger partial charge in [-0.25, -0.2) is 0 Å². The SMILES string of the molecule is CC12CCCCC1(C)N1c3cccc4c3B(c3ccc5c(c3N4c3ccccc3)Cc3ccccc3-5)c3cccc2c31. The first-order chi connectivity index (χ1) is 20.6. The van der Waals surface area contributed by atoms with E-state index in [0.29, 0.717) is 0 Å². The first-order valence-electron chi connectivity index (χ1n) is 15.8. The van der Waals surface area contributed by atoms with Gasteiger partial charge in [-0.3, -0.25) is 0 Å². The number of anilines is 5. The Kier molecular flexibility index (Phi) is 4.32. The van der Waals surface area contributed by atoms with Crippen LogP contribution in [0.5, 0.6) is 0 Å². The second-order valence-electron chi connectivity index (χ2n) is 13.6. The highest BCUT2D eigenvalue weighted by atomic mass is 15.3. The van der Waals surface area contributed by atoms with Gasteiger partial charge in [-0.05, 0) is 88.2 Å². The molecule has 1 fully saturated rings. The zero-order chi connectivity index (χ0) is 27.8. The molecule has 0 spiro atoms. The van der Waals surface area contributed by atoms with E-state index >= 15 is 0 Å². The van der Waals surface area contributed by atoms with E-state index in [1.807, 2.05) is 0 Å². The van der Waals surface area contributed by atoms with Gasteiger partial charge in [0.1, 0.15) is 0 Å². The molecule has 42 heavy (non-hydrogen) atoms. The van der Waals surface area contributed by atoms with Gasteiger partial charge in [0, 0.05) is 40.3 Å². The highest BCUT2D eigenvalue weighted by Gasteiger charge is 2.61. The molecule has 0 aromatic heterocycles. The maximum atomic E-state index is 2.81. The summed E-state index contributed by atoms with van der Waals surface area (Å²) in [6, 6.07) is 39.4. The second kappa shape index (κ2) is 7.78. The lowest BCUT2D eigenvalue weighted by Gasteiger charge is -2.52. The molecule has 202 valence electrons. The summed E-state index contributed by atoms with van der Waals surface area (Å²) in [5, 5.41) is 0. The standard InChI is InChI=1S/C39H33BN2/c1-38-22-8-9-23-39(38,2)42-34-19-11-18-33-35(34)40(31-17-10-16-30(38)37(31)42)32-21-20-28-27-15-7-6-12-25(27)24-29(28)36(32)41(33)26-13-4-3-5-14-26/h3-7,10-21H,8-9,22-24H2,1-2H3. The van der Waals surface area contributed by atoms with Crippen molar-refractivity contribution < 1.29 is 0 Å². The summed E-state index contributed by atoms with van der Waals surface area (Å²) >= 11 is 0. The Hall–Kier alpha value is -4.24. The van der Waals surface area contributed by atoms with E-state index in [9.17, 15) is 0 Å². The monoisotopic (exact) mass is 540 g/mol. The van der Waals surface area contributed by atoms with Gasteiger partial charge < -0.3 is 9.80 Å². The van der Waals surface area contributed by atoms with Gasteiger partial charge >= 0.3 is 0 Å². The van der Waals surface area contributed by atoms with Crippen LogP contribution in [0.2, 0.25) is 0 Å². The third kappa shape index (κ3) is 2.57. The van der Waals surface area contributed by atoms with Crippen molar-refractivity contribution in [3.63, 3.8) is 0 Å². The molecule has 2 aliphatic carbocycles. The minimum atomic E-state index is 0.0706. The summed E-state index contributed by atoms with van der Waals surface area (Å²) in [5.74, 6) is 0. The largest absolute Gasteiger partial charge is 0.335 e. The van der Waals surface area contributed by atoms with Gasteiger partial charge in [0.15, 0.2) is 0 Å². The van der Waals surface area contributed by atoms with Crippen LogP contribution in [-0.2, 0) is 11.8 Å². The predicted octanol–water partition coefficient (Wildman–Crippen LogP) is 7.61. The average Bonchev–Trinajstić information content (AvgIpc) is 3.51. The van der Waals surface area contributed by atoms with E-state index in [0.717, 1.165) is 6.42 Å². The highest BCUT2D eigenvalue weighted by molar-refractivity contribution is 7.00. The Labute approximate surface area is 248 Å². The van der Waals surface area contributed by atoms with E-state index in [-0.39, 0.29) is 17.7 Å². The van der Waals surface area contributed by atoms with E-state index < -0.39 is 0 Å². The first-order valence-corrected chi connectivity index (χ1v) is 15.8. The van der Waals surface area contributed by atoms with Crippen LogP contribution >= 0.6 is 0 Å². The van der Waals surface area contributed by atoms with Crippen LogP contribution in [0.25, 0.3) is 11.1 Å². The number of hydrogen-bond donors (Lipinski definition) is 0. The molecule has 5 aliphatic rings. The maximum absolute atomic E-state index is 2.81. The minimum Gasteiger partial charge on any atom is -0.335 e. The van der Waals surface area contributed by atoms with Crippen LogP contribution in [0, 0.1) is 0 Å². The third-order valence-electron chi connectivity index (χ3n) is 11.8. The molecule has 0 N–H and O–H groups in total. The van der Waals surface area contributed by atoms with Gasteiger partial charge in [-0.1, -0.05) is 98.6 Å². The van der Waals surface area contributed by atoms with E-state index in [1.165, 1.54) is 92.8 Å². The number of hydrogen-bond acceptors (Lipinski definition) is 2. The second-order valence-corrected chi connectivity index (χ2v) is 13.6. The fourth-order valence-corrected chi connectivity index (χ4v) is 9.78. The lowest BCUT2D eigenvalue weighted by atomic mass is 9.33. The van der Waals surface area contributed by atoms with Crippen LogP contribution < -0.4 is 26.2 Å². The van der Waals surface area contributed by atoms with E-state index in [1.54, 1.807) is 5.56 Å². The molecule has 3 heterocycles. The van der Waals surface area contributed by atoms with Crippen molar-refractivity contribution in [2.75, 3.05) is 9.80 Å². The third-order valence-corrected chi connectivity index (χ3v) is 11.8. The summed E-state index contributed by atoms with van der Waals surface area (Å²) in [4.78, 5) is 5.41. The Balaban J connectivity index is 1.32. The van der Waals surface area contributed by atoms with Crippen molar-refractivity contribution >= 4 is 51.5 Å². The Morgan fingerprint density at radius 1 is 0.643 bits per heavy atom. The summed E-state index contributed by atoms with van der Waals surface area (Å²) in [5.41, 5.74) is 18.8. The fraction of sp³-hybridized carbons (Fsp3) is 0.231. The summed E-state index contributed by atoms with van der Waals surface area (Å²) in [6.07, 6.45) is 6.09. The topological polar surface area (TPSA) is 6.48 Å². The van der Waals surface area contributed by atoms with Crippen molar-refractivity contribution in [2.45, 2.75) is 56.9 Å². The first kappa shape index (κ1) is 23.3. The van der Waals surface area contributed by atoms with Gasteiger partial charge in [-0.15, -0.1) is 0 Å². The van der Waals surface area contributed by atoms with Gasteiger partial charge in [0.25, 0.3) is 6.71 Å². The maximum Gasteiger partial charge on any atom is 0.252 e. The van der Waals surface area contributed by atoms with Crippen molar-refractivity contribution in [2.24, 2.45) is 0 Å². The Bertz CT molecular complexity index is 1980. The van der Waals surface area contributed by atoms with Crippen molar-refractivity contribution in [3.8, 4) is 11.1 Å². The molecule has 5 aromatic rings. The molecule has 0 saturated heterocycles. The molecule has 3 aliphatic heterocycles. The average molecular weight is 541 g/mol. The molecule has 2 nitrogen and oxygen atoms in total. The molecule has 0 amide bonds. The molecule has 2 unspecified atom stereocenters. The summed E-state index contributed by atoms with van der Waals surface area (Å²) in [7, 11) is 0. The van der Waals surface area contributed by atoms with Gasteiger partial charge in [-0.2, -0.15) is 0 Å². The number of para-hydroxylation sites is 2. The lowest BCUT2D eigenvalue weighted by molar-refractivity contribution is 0.195. The molecular weight excluding hydrogens is 507 g/mol. The molecule has 1 saturated carbocycles. The normalized spacial score (nSPS) is 23.5. The Morgan fingerprint density at radius 2 is 1.40 bits per heavy atom. The van der Waals surface area contributed by atoms with Crippen molar-refractivity contribution in [1.82, 2.24) is 0 Å². The minimum absolute atomic E-state index is 0.0706. The van der Waals surface area contributed by atoms with Crippen LogP contribution in [-0.4, -0.2) is 12.3 Å². The van der Waals surface area contributed by atoms with Crippen LogP contribution in [0.3, 0.4) is 0 Å². The van der Waals surface area contributed by atoms with Crippen molar-refractivity contribution in [3.05, 3.63) is 120 Å². The van der Waals surface area contributed by atoms with E-state index in [2.05, 4.69) is 127 Å². The van der Waals surface area contributed by atoms with Gasteiger partial charge in [0.2, 0.25) is 0 Å². The number of benzene rings is 5. The Morgan fingerprint density at radius 3 is 2.31 bits per heavy atom. The molecule has 5 aromatic carbocycles. The van der Waals surface area contributed by atoms with Crippen LogP contribution in [0.4, 0.5) is 28.4 Å². The predicted molar refractivity (Wildman–Crippen MR) is 177 cm³/mol. The van der Waals surface area contributed by atoms with Crippen molar-refractivity contribution in [1.29, 1.82) is 0 Å². The van der Waals surface area contributed by atoms with Crippen LogP contribution in [0.15, 0.2) is 103 Å². The van der Waals surface area contributed by atoms with E-state index in [4.69, 9.17) is 0 Å². The zero-order valence-electron chi connectivity index (χ0n) is 24.3. The summed E-state index contributed by atoms with van der Waals surface area (Å²) < 4.78 is 0. The molecular formula is C39H33BN2. The molecule has 3 heteroatoms. The highest BCUT2D eigenvalue weighted by Crippen LogP contribution is 2.61. The molecule has 0 bridgehead atoms. The molecule has 10 rings (SSSR count). The number of fused-ring (bicyclic) bond motifs is 11. The number of nitrogens with zero attached hydrogens (tertiary/aromatic N) is 2. The molecule has 2 atom stereocenters. The number of rotatable bonds is 1. The quantitative estimate of drug-likeness (QED) is 0.198. The molecule has 0 radical (unpaired) electrons.